The number of phenols is 1. The van der Waals surface area contributed by atoms with Gasteiger partial charge in [0.2, 0.25) is 11.8 Å². The third-order valence-electron chi connectivity index (χ3n) is 3.18. The lowest BCUT2D eigenvalue weighted by Crippen LogP contribution is -2.24. The van der Waals surface area contributed by atoms with Crippen LogP contribution in [-0.4, -0.2) is 33.1 Å². The highest BCUT2D eigenvalue weighted by molar-refractivity contribution is 9.09. The molecule has 1 atom stereocenters. The Bertz CT molecular complexity index is 626. The molecule has 0 aliphatic carbocycles. The van der Waals surface area contributed by atoms with Gasteiger partial charge >= 0.3 is 6.01 Å². The molecule has 6 nitrogen and oxygen atoms in total. The minimum absolute atomic E-state index is 0.00430. The molecule has 0 radical (unpaired) electrons. The Balaban J connectivity index is 1.83. The van der Waals surface area contributed by atoms with Crippen molar-refractivity contribution in [1.29, 1.82) is 0 Å². The van der Waals surface area contributed by atoms with Gasteiger partial charge in [0.05, 0.1) is 0 Å². The molecule has 2 aromatic rings. The summed E-state index contributed by atoms with van der Waals surface area (Å²) < 4.78 is 5.54. The van der Waals surface area contributed by atoms with E-state index in [9.17, 15) is 9.90 Å². The van der Waals surface area contributed by atoms with E-state index < -0.39 is 0 Å². The molecule has 104 valence electrons. The maximum atomic E-state index is 11.9. The van der Waals surface area contributed by atoms with E-state index in [0.717, 1.165) is 5.33 Å². The van der Waals surface area contributed by atoms with Crippen LogP contribution in [0.3, 0.4) is 0 Å². The fraction of sp³-hybridized carbons (Fsp3) is 0.308. The number of aromatic hydroxyl groups is 1. The maximum absolute atomic E-state index is 11.9. The number of amides is 1. The zero-order valence-electron chi connectivity index (χ0n) is 10.5. The topological polar surface area (TPSA) is 79.5 Å². The van der Waals surface area contributed by atoms with Crippen molar-refractivity contribution in [2.75, 3.05) is 16.8 Å². The van der Waals surface area contributed by atoms with E-state index in [2.05, 4.69) is 26.1 Å². The Morgan fingerprint density at radius 3 is 2.75 bits per heavy atom. The first-order valence-corrected chi connectivity index (χ1v) is 7.29. The molecule has 1 aliphatic heterocycles. The van der Waals surface area contributed by atoms with Crippen molar-refractivity contribution in [2.24, 2.45) is 5.92 Å². The van der Waals surface area contributed by atoms with Gasteiger partial charge < -0.3 is 9.52 Å². The molecule has 1 aromatic carbocycles. The number of hydrogen-bond acceptors (Lipinski definition) is 5. The quantitative estimate of drug-likeness (QED) is 0.868. The van der Waals surface area contributed by atoms with Gasteiger partial charge in [0.15, 0.2) is 0 Å². The smallest absolute Gasteiger partial charge is 0.325 e. The summed E-state index contributed by atoms with van der Waals surface area (Å²) in [5, 5.41) is 17.9. The fourth-order valence-electron chi connectivity index (χ4n) is 2.12. The minimum atomic E-state index is -0.00430. The van der Waals surface area contributed by atoms with Crippen molar-refractivity contribution in [3.63, 3.8) is 0 Å². The van der Waals surface area contributed by atoms with Gasteiger partial charge in [-0.25, -0.2) is 0 Å². The van der Waals surface area contributed by atoms with Gasteiger partial charge in [0.25, 0.3) is 0 Å². The molecule has 3 rings (SSSR count). The van der Waals surface area contributed by atoms with Gasteiger partial charge in [-0.1, -0.05) is 21.0 Å². The van der Waals surface area contributed by atoms with Gasteiger partial charge in [-0.15, -0.1) is 5.10 Å². The molecule has 0 bridgehead atoms. The first-order valence-electron chi connectivity index (χ1n) is 6.16. The normalized spacial score (nSPS) is 18.8. The molecule has 1 amide bonds. The van der Waals surface area contributed by atoms with Crippen molar-refractivity contribution in [3.05, 3.63) is 24.3 Å². The van der Waals surface area contributed by atoms with Crippen LogP contribution in [0, 0.1) is 5.92 Å². The molecule has 1 aromatic heterocycles. The number of carbonyl (C=O) groups excluding carboxylic acids is 1. The van der Waals surface area contributed by atoms with Crippen LogP contribution in [0.4, 0.5) is 6.01 Å². The summed E-state index contributed by atoms with van der Waals surface area (Å²) in [6.07, 6.45) is 0.488. The summed E-state index contributed by atoms with van der Waals surface area (Å²) in [4.78, 5) is 13.4. The molecule has 7 heteroatoms. The average molecular weight is 338 g/mol. The van der Waals surface area contributed by atoms with E-state index in [4.69, 9.17) is 4.42 Å². The van der Waals surface area contributed by atoms with Crippen LogP contribution in [0.2, 0.25) is 0 Å². The molecular formula is C13H12BrN3O3. The second-order valence-corrected chi connectivity index (χ2v) is 5.31. The summed E-state index contributed by atoms with van der Waals surface area (Å²) in [5.41, 5.74) is 0.699. The van der Waals surface area contributed by atoms with Gasteiger partial charge in [0.1, 0.15) is 5.75 Å². The Morgan fingerprint density at radius 1 is 1.35 bits per heavy atom. The van der Waals surface area contributed by atoms with Crippen LogP contribution >= 0.6 is 15.9 Å². The lowest BCUT2D eigenvalue weighted by atomic mass is 10.2. The SMILES string of the molecule is O=C1CC(CBr)CN1c1nnc(-c2ccc(O)cc2)o1. The lowest BCUT2D eigenvalue weighted by molar-refractivity contribution is -0.117. The molecule has 1 N–H and O–H groups in total. The summed E-state index contributed by atoms with van der Waals surface area (Å²) in [7, 11) is 0. The highest BCUT2D eigenvalue weighted by Crippen LogP contribution is 2.28. The summed E-state index contributed by atoms with van der Waals surface area (Å²) in [5.74, 6) is 0.764. The van der Waals surface area contributed by atoms with Crippen molar-refractivity contribution in [1.82, 2.24) is 10.2 Å². The Morgan fingerprint density at radius 2 is 2.10 bits per heavy atom. The van der Waals surface area contributed by atoms with Crippen LogP contribution in [0.15, 0.2) is 28.7 Å². The number of phenolic OH excluding ortho intramolecular Hbond substituents is 1. The number of aromatic nitrogens is 2. The molecule has 1 aliphatic rings. The minimum Gasteiger partial charge on any atom is -0.508 e. The Kier molecular flexibility index (Phi) is 3.43. The fourth-order valence-corrected chi connectivity index (χ4v) is 2.55. The molecule has 20 heavy (non-hydrogen) atoms. The Hall–Kier alpha value is -1.89. The van der Waals surface area contributed by atoms with Crippen molar-refractivity contribution in [2.45, 2.75) is 6.42 Å². The third kappa shape index (κ3) is 2.40. The molecule has 0 saturated carbocycles. The summed E-state index contributed by atoms with van der Waals surface area (Å²) >= 11 is 3.38. The monoisotopic (exact) mass is 337 g/mol. The first-order chi connectivity index (χ1) is 9.67. The van der Waals surface area contributed by atoms with Crippen LogP contribution in [0.1, 0.15) is 6.42 Å². The van der Waals surface area contributed by atoms with Crippen molar-refractivity contribution >= 4 is 27.9 Å². The standard InChI is InChI=1S/C13H12BrN3O3/c14-6-8-5-11(19)17(7-8)13-16-15-12(20-13)9-1-3-10(18)4-2-9/h1-4,8,18H,5-7H2. The molecular weight excluding hydrogens is 326 g/mol. The predicted molar refractivity (Wildman–Crippen MR) is 75.7 cm³/mol. The number of carbonyl (C=O) groups is 1. The van der Waals surface area contributed by atoms with E-state index in [1.165, 1.54) is 4.90 Å². The van der Waals surface area contributed by atoms with E-state index >= 15 is 0 Å². The second-order valence-electron chi connectivity index (χ2n) is 4.67. The van der Waals surface area contributed by atoms with E-state index in [1.54, 1.807) is 24.3 Å². The second kappa shape index (κ2) is 5.24. The lowest BCUT2D eigenvalue weighted by Gasteiger charge is -2.09. The predicted octanol–water partition coefficient (Wildman–Crippen LogP) is 2.19. The van der Waals surface area contributed by atoms with E-state index in [0.29, 0.717) is 24.4 Å². The van der Waals surface area contributed by atoms with Crippen molar-refractivity contribution < 1.29 is 14.3 Å². The number of anilines is 1. The number of hydrogen-bond donors (Lipinski definition) is 1. The van der Waals surface area contributed by atoms with Crippen LogP contribution < -0.4 is 4.90 Å². The van der Waals surface area contributed by atoms with Gasteiger partial charge in [0, 0.05) is 23.9 Å². The van der Waals surface area contributed by atoms with Crippen LogP contribution in [0.25, 0.3) is 11.5 Å². The van der Waals surface area contributed by atoms with Crippen LogP contribution in [-0.2, 0) is 4.79 Å². The van der Waals surface area contributed by atoms with Gasteiger partial charge in [-0.2, -0.15) is 0 Å². The molecule has 1 unspecified atom stereocenters. The number of alkyl halides is 1. The largest absolute Gasteiger partial charge is 0.508 e. The number of nitrogens with zero attached hydrogens (tertiary/aromatic N) is 3. The highest BCUT2D eigenvalue weighted by atomic mass is 79.9. The molecule has 2 heterocycles. The first kappa shape index (κ1) is 13.1. The van der Waals surface area contributed by atoms with Gasteiger partial charge in [-0.3, -0.25) is 9.69 Å². The average Bonchev–Trinajstić information content (AvgIpc) is 3.06. The highest BCUT2D eigenvalue weighted by Gasteiger charge is 2.33. The Labute approximate surface area is 123 Å². The van der Waals surface area contributed by atoms with E-state index in [1.807, 2.05) is 0 Å². The molecule has 1 fully saturated rings. The molecule has 0 spiro atoms. The summed E-state index contributed by atoms with van der Waals surface area (Å²) in [6.45, 7) is 0.585. The number of halogens is 1. The molecule has 1 saturated heterocycles. The zero-order chi connectivity index (χ0) is 14.1. The maximum Gasteiger partial charge on any atom is 0.325 e. The van der Waals surface area contributed by atoms with Crippen LogP contribution in [0.5, 0.6) is 5.75 Å². The summed E-state index contributed by atoms with van der Waals surface area (Å²) in [6, 6.07) is 6.67. The number of rotatable bonds is 3. The van der Waals surface area contributed by atoms with E-state index in [-0.39, 0.29) is 23.6 Å². The number of benzene rings is 1. The third-order valence-corrected chi connectivity index (χ3v) is 4.10. The zero-order valence-corrected chi connectivity index (χ0v) is 12.1. The van der Waals surface area contributed by atoms with Crippen molar-refractivity contribution in [3.8, 4) is 17.2 Å². The van der Waals surface area contributed by atoms with Gasteiger partial charge in [-0.05, 0) is 30.2 Å².